The Morgan fingerprint density at radius 3 is 2.47 bits per heavy atom. The predicted octanol–water partition coefficient (Wildman–Crippen LogP) is 4.47. The van der Waals surface area contributed by atoms with Crippen LogP contribution in [0, 0.1) is 11.7 Å². The van der Waals surface area contributed by atoms with Gasteiger partial charge in [-0.15, -0.1) is 0 Å². The van der Waals surface area contributed by atoms with Gasteiger partial charge in [0, 0.05) is 24.6 Å². The smallest absolute Gasteiger partial charge is 0.358 e. The van der Waals surface area contributed by atoms with E-state index in [-0.39, 0.29) is 36.0 Å². The molecule has 6 nitrogen and oxygen atoms in total. The zero-order chi connectivity index (χ0) is 21.7. The van der Waals surface area contributed by atoms with Crippen molar-refractivity contribution in [1.82, 2.24) is 14.7 Å². The van der Waals surface area contributed by atoms with Crippen molar-refractivity contribution in [3.63, 3.8) is 0 Å². The zero-order valence-electron chi connectivity index (χ0n) is 17.9. The van der Waals surface area contributed by atoms with E-state index in [1.807, 2.05) is 16.5 Å². The minimum atomic E-state index is -0.472. The molecule has 1 aliphatic rings. The van der Waals surface area contributed by atoms with Crippen LogP contribution in [0.25, 0.3) is 11.3 Å². The number of aromatic nitrogens is 2. The molecule has 1 amide bonds. The normalized spacial score (nSPS) is 15.8. The van der Waals surface area contributed by atoms with E-state index in [4.69, 9.17) is 4.74 Å². The van der Waals surface area contributed by atoms with Gasteiger partial charge in [-0.3, -0.25) is 9.48 Å². The van der Waals surface area contributed by atoms with Crippen molar-refractivity contribution in [1.29, 1.82) is 0 Å². The SMILES string of the molecule is CCC[C@@H](C)C(=O)N1CCC(n2nc(C(=O)OCC)cc2-c2ccc(F)cc2)CC1. The van der Waals surface area contributed by atoms with Crippen molar-refractivity contribution in [3.05, 3.63) is 41.8 Å². The van der Waals surface area contributed by atoms with Gasteiger partial charge in [0.1, 0.15) is 5.82 Å². The van der Waals surface area contributed by atoms with E-state index >= 15 is 0 Å². The second kappa shape index (κ2) is 9.87. The number of rotatable bonds is 7. The van der Waals surface area contributed by atoms with Crippen LogP contribution in [0.15, 0.2) is 30.3 Å². The first-order chi connectivity index (χ1) is 14.4. The molecule has 2 heterocycles. The highest BCUT2D eigenvalue weighted by molar-refractivity contribution is 5.88. The van der Waals surface area contributed by atoms with Gasteiger partial charge in [-0.05, 0) is 56.5 Å². The van der Waals surface area contributed by atoms with Crippen molar-refractivity contribution in [2.45, 2.75) is 52.5 Å². The molecule has 1 aromatic heterocycles. The van der Waals surface area contributed by atoms with Crippen molar-refractivity contribution in [3.8, 4) is 11.3 Å². The Kier molecular flexibility index (Phi) is 7.24. The van der Waals surface area contributed by atoms with Crippen LogP contribution in [-0.2, 0) is 9.53 Å². The summed E-state index contributed by atoms with van der Waals surface area (Å²) in [7, 11) is 0. The minimum Gasteiger partial charge on any atom is -0.461 e. The topological polar surface area (TPSA) is 64.4 Å². The van der Waals surface area contributed by atoms with Crippen LogP contribution in [0.2, 0.25) is 0 Å². The number of hydrogen-bond donors (Lipinski definition) is 0. The fourth-order valence-corrected chi connectivity index (χ4v) is 4.01. The summed E-state index contributed by atoms with van der Waals surface area (Å²) in [6, 6.07) is 7.91. The highest BCUT2D eigenvalue weighted by Crippen LogP contribution is 2.30. The number of ether oxygens (including phenoxy) is 1. The van der Waals surface area contributed by atoms with Crippen LogP contribution in [-0.4, -0.2) is 46.3 Å². The lowest BCUT2D eigenvalue weighted by Gasteiger charge is -2.34. The van der Waals surface area contributed by atoms with Gasteiger partial charge < -0.3 is 9.64 Å². The molecule has 0 unspecified atom stereocenters. The van der Waals surface area contributed by atoms with Gasteiger partial charge in [0.05, 0.1) is 18.3 Å². The van der Waals surface area contributed by atoms with Crippen LogP contribution < -0.4 is 0 Å². The lowest BCUT2D eigenvalue weighted by molar-refractivity contribution is -0.136. The predicted molar refractivity (Wildman–Crippen MR) is 113 cm³/mol. The van der Waals surface area contributed by atoms with Gasteiger partial charge in [0.25, 0.3) is 0 Å². The first kappa shape index (κ1) is 22.0. The Hall–Kier alpha value is -2.70. The van der Waals surface area contributed by atoms with Crippen LogP contribution >= 0.6 is 0 Å². The first-order valence-electron chi connectivity index (χ1n) is 10.8. The van der Waals surface area contributed by atoms with Gasteiger partial charge >= 0.3 is 5.97 Å². The number of nitrogens with zero attached hydrogens (tertiary/aromatic N) is 3. The third-order valence-corrected chi connectivity index (χ3v) is 5.63. The summed E-state index contributed by atoms with van der Waals surface area (Å²) in [5, 5.41) is 4.53. The summed E-state index contributed by atoms with van der Waals surface area (Å²) < 4.78 is 20.3. The van der Waals surface area contributed by atoms with Crippen molar-refractivity contribution < 1.29 is 18.7 Å². The molecule has 162 valence electrons. The molecular formula is C23H30FN3O3. The number of carbonyl (C=O) groups excluding carboxylic acids is 2. The van der Waals surface area contributed by atoms with Crippen molar-refractivity contribution >= 4 is 11.9 Å². The molecule has 1 atom stereocenters. The van der Waals surface area contributed by atoms with Crippen molar-refractivity contribution in [2.75, 3.05) is 19.7 Å². The van der Waals surface area contributed by atoms with E-state index in [2.05, 4.69) is 12.0 Å². The molecule has 0 bridgehead atoms. The molecule has 1 fully saturated rings. The Balaban J connectivity index is 1.82. The number of piperidine rings is 1. The van der Waals surface area contributed by atoms with Gasteiger partial charge in [-0.2, -0.15) is 5.10 Å². The standard InChI is InChI=1S/C23H30FN3O3/c1-4-6-16(3)22(28)26-13-11-19(12-14-26)27-21(17-7-9-18(24)10-8-17)15-20(25-27)23(29)30-5-2/h7-10,15-16,19H,4-6,11-14H2,1-3H3/t16-/m1/s1. The summed E-state index contributed by atoms with van der Waals surface area (Å²) >= 11 is 0. The average molecular weight is 416 g/mol. The first-order valence-corrected chi connectivity index (χ1v) is 10.8. The summed E-state index contributed by atoms with van der Waals surface area (Å²) in [5.74, 6) is -0.535. The lowest BCUT2D eigenvalue weighted by atomic mass is 10.00. The van der Waals surface area contributed by atoms with Crippen LogP contribution in [0.1, 0.15) is 63.0 Å². The van der Waals surface area contributed by atoms with E-state index in [0.717, 1.165) is 36.9 Å². The average Bonchev–Trinajstić information content (AvgIpc) is 3.20. The molecule has 0 saturated carbocycles. The Morgan fingerprint density at radius 1 is 1.20 bits per heavy atom. The molecule has 3 rings (SSSR count). The molecular weight excluding hydrogens is 385 g/mol. The number of carbonyl (C=O) groups is 2. The molecule has 2 aromatic rings. The third kappa shape index (κ3) is 4.89. The van der Waals surface area contributed by atoms with E-state index in [1.165, 1.54) is 12.1 Å². The Bertz CT molecular complexity index is 870. The Labute approximate surface area is 177 Å². The quantitative estimate of drug-likeness (QED) is 0.626. The molecule has 30 heavy (non-hydrogen) atoms. The molecule has 1 saturated heterocycles. The molecule has 0 aliphatic carbocycles. The van der Waals surface area contributed by atoms with E-state index < -0.39 is 5.97 Å². The van der Waals surface area contributed by atoms with Gasteiger partial charge in [0.15, 0.2) is 5.69 Å². The molecule has 0 N–H and O–H groups in total. The summed E-state index contributed by atoms with van der Waals surface area (Å²) in [6.07, 6.45) is 3.40. The number of benzene rings is 1. The summed E-state index contributed by atoms with van der Waals surface area (Å²) in [6.45, 7) is 7.43. The maximum Gasteiger partial charge on any atom is 0.358 e. The Morgan fingerprint density at radius 2 is 1.87 bits per heavy atom. The maximum absolute atomic E-state index is 13.4. The number of likely N-dealkylation sites (tertiary alicyclic amines) is 1. The highest BCUT2D eigenvalue weighted by Gasteiger charge is 2.29. The zero-order valence-corrected chi connectivity index (χ0v) is 17.9. The fraction of sp³-hybridized carbons (Fsp3) is 0.522. The largest absolute Gasteiger partial charge is 0.461 e. The second-order valence-corrected chi connectivity index (χ2v) is 7.83. The van der Waals surface area contributed by atoms with Crippen LogP contribution in [0.4, 0.5) is 4.39 Å². The van der Waals surface area contributed by atoms with Crippen LogP contribution in [0.5, 0.6) is 0 Å². The minimum absolute atomic E-state index is 0.0430. The van der Waals surface area contributed by atoms with Gasteiger partial charge in [-0.1, -0.05) is 20.3 Å². The van der Waals surface area contributed by atoms with Crippen molar-refractivity contribution in [2.24, 2.45) is 5.92 Å². The van der Waals surface area contributed by atoms with Gasteiger partial charge in [0.2, 0.25) is 5.91 Å². The molecule has 7 heteroatoms. The highest BCUT2D eigenvalue weighted by atomic mass is 19.1. The summed E-state index contributed by atoms with van der Waals surface area (Å²) in [4.78, 5) is 26.8. The number of hydrogen-bond acceptors (Lipinski definition) is 4. The molecule has 1 aromatic carbocycles. The lowest BCUT2D eigenvalue weighted by Crippen LogP contribution is -2.41. The summed E-state index contributed by atoms with van der Waals surface area (Å²) in [5.41, 5.74) is 1.78. The molecule has 1 aliphatic heterocycles. The van der Waals surface area contributed by atoms with E-state index in [0.29, 0.717) is 13.1 Å². The monoisotopic (exact) mass is 415 g/mol. The molecule has 0 radical (unpaired) electrons. The second-order valence-electron chi connectivity index (χ2n) is 7.83. The number of esters is 1. The maximum atomic E-state index is 13.4. The van der Waals surface area contributed by atoms with Gasteiger partial charge in [-0.25, -0.2) is 9.18 Å². The van der Waals surface area contributed by atoms with Crippen LogP contribution in [0.3, 0.4) is 0 Å². The molecule has 0 spiro atoms. The van der Waals surface area contributed by atoms with E-state index in [1.54, 1.807) is 25.1 Å². The fourth-order valence-electron chi connectivity index (χ4n) is 4.01. The number of amides is 1. The third-order valence-electron chi connectivity index (χ3n) is 5.63. The number of halogens is 1. The van der Waals surface area contributed by atoms with E-state index in [9.17, 15) is 14.0 Å².